The summed E-state index contributed by atoms with van der Waals surface area (Å²) in [5, 5.41) is 5.81. The van der Waals surface area contributed by atoms with Crippen LogP contribution in [0.3, 0.4) is 0 Å². The van der Waals surface area contributed by atoms with Crippen LogP contribution in [0.15, 0.2) is 18.2 Å². The van der Waals surface area contributed by atoms with Crippen molar-refractivity contribution in [2.45, 2.75) is 44.3 Å². The normalized spacial score (nSPS) is 24.9. The molecule has 0 atom stereocenters. The summed E-state index contributed by atoms with van der Waals surface area (Å²) in [6.07, 6.45) is 3.82. The molecule has 1 saturated carbocycles. The highest BCUT2D eigenvalue weighted by molar-refractivity contribution is 6.01. The average molecular weight is 273 g/mol. The van der Waals surface area contributed by atoms with Crippen molar-refractivity contribution in [3.05, 3.63) is 34.9 Å². The van der Waals surface area contributed by atoms with E-state index in [4.69, 9.17) is 5.73 Å². The Kier molecular flexibility index (Phi) is 3.44. The highest BCUT2D eigenvalue weighted by Gasteiger charge is 2.23. The molecule has 0 aromatic heterocycles. The van der Waals surface area contributed by atoms with Crippen LogP contribution >= 0.6 is 0 Å². The predicted molar refractivity (Wildman–Crippen MR) is 75.3 cm³/mol. The van der Waals surface area contributed by atoms with Crippen LogP contribution < -0.4 is 16.4 Å². The number of benzene rings is 1. The van der Waals surface area contributed by atoms with Crippen molar-refractivity contribution in [1.82, 2.24) is 10.6 Å². The fourth-order valence-corrected chi connectivity index (χ4v) is 2.91. The van der Waals surface area contributed by atoms with E-state index in [1.54, 1.807) is 18.2 Å². The van der Waals surface area contributed by atoms with Gasteiger partial charge in [0, 0.05) is 29.8 Å². The van der Waals surface area contributed by atoms with Gasteiger partial charge >= 0.3 is 0 Å². The second-order valence-corrected chi connectivity index (χ2v) is 5.64. The first-order chi connectivity index (χ1) is 9.63. The zero-order chi connectivity index (χ0) is 14.1. The second-order valence-electron chi connectivity index (χ2n) is 5.64. The van der Waals surface area contributed by atoms with E-state index in [1.807, 2.05) is 0 Å². The molecule has 0 radical (unpaired) electrons. The van der Waals surface area contributed by atoms with Crippen molar-refractivity contribution in [2.75, 3.05) is 0 Å². The number of hydrogen-bond donors (Lipinski definition) is 3. The highest BCUT2D eigenvalue weighted by Crippen LogP contribution is 2.19. The van der Waals surface area contributed by atoms with Crippen molar-refractivity contribution in [1.29, 1.82) is 0 Å². The summed E-state index contributed by atoms with van der Waals surface area (Å²) >= 11 is 0. The number of carbonyl (C=O) groups excluding carboxylic acids is 2. The fourth-order valence-electron chi connectivity index (χ4n) is 2.91. The molecule has 0 saturated heterocycles. The lowest BCUT2D eigenvalue weighted by atomic mass is 9.91. The SMILES string of the molecule is N[C@H]1CC[C@H](NC(=O)c2ccc3c(c2)CNC3=O)CC1. The number of rotatable bonds is 2. The van der Waals surface area contributed by atoms with E-state index >= 15 is 0 Å². The highest BCUT2D eigenvalue weighted by atomic mass is 16.2. The largest absolute Gasteiger partial charge is 0.349 e. The molecule has 0 bridgehead atoms. The van der Waals surface area contributed by atoms with Gasteiger partial charge in [-0.15, -0.1) is 0 Å². The monoisotopic (exact) mass is 273 g/mol. The summed E-state index contributed by atoms with van der Waals surface area (Å²) < 4.78 is 0. The predicted octanol–water partition coefficient (Wildman–Crippen LogP) is 0.930. The Hall–Kier alpha value is -1.88. The van der Waals surface area contributed by atoms with Crippen molar-refractivity contribution < 1.29 is 9.59 Å². The van der Waals surface area contributed by atoms with Crippen LogP contribution in [0.25, 0.3) is 0 Å². The summed E-state index contributed by atoms with van der Waals surface area (Å²) in [5.74, 6) is -0.124. The zero-order valence-electron chi connectivity index (χ0n) is 11.3. The molecule has 5 nitrogen and oxygen atoms in total. The third kappa shape index (κ3) is 2.54. The maximum absolute atomic E-state index is 12.2. The van der Waals surface area contributed by atoms with Gasteiger partial charge < -0.3 is 16.4 Å². The minimum Gasteiger partial charge on any atom is -0.349 e. The molecule has 4 N–H and O–H groups in total. The summed E-state index contributed by atoms with van der Waals surface area (Å²) in [7, 11) is 0. The fraction of sp³-hybridized carbons (Fsp3) is 0.467. The smallest absolute Gasteiger partial charge is 0.251 e. The van der Waals surface area contributed by atoms with Crippen LogP contribution in [0.4, 0.5) is 0 Å². The van der Waals surface area contributed by atoms with Gasteiger partial charge in [0.15, 0.2) is 0 Å². The number of nitrogens with two attached hydrogens (primary N) is 1. The third-order valence-corrected chi connectivity index (χ3v) is 4.16. The quantitative estimate of drug-likeness (QED) is 0.749. The number of nitrogens with one attached hydrogen (secondary N) is 2. The number of fused-ring (bicyclic) bond motifs is 1. The molecule has 106 valence electrons. The molecule has 0 spiro atoms. The van der Waals surface area contributed by atoms with Crippen LogP contribution in [-0.2, 0) is 6.54 Å². The Bertz CT molecular complexity index is 548. The van der Waals surface area contributed by atoms with Crippen molar-refractivity contribution >= 4 is 11.8 Å². The van der Waals surface area contributed by atoms with Crippen molar-refractivity contribution in [3.63, 3.8) is 0 Å². The second kappa shape index (κ2) is 5.25. The van der Waals surface area contributed by atoms with Crippen LogP contribution in [0.5, 0.6) is 0 Å². The lowest BCUT2D eigenvalue weighted by Crippen LogP contribution is -2.40. The van der Waals surface area contributed by atoms with Gasteiger partial charge in [0.1, 0.15) is 0 Å². The van der Waals surface area contributed by atoms with Gasteiger partial charge in [0.05, 0.1) is 0 Å². The zero-order valence-corrected chi connectivity index (χ0v) is 11.3. The van der Waals surface area contributed by atoms with Crippen molar-refractivity contribution in [3.8, 4) is 0 Å². The van der Waals surface area contributed by atoms with Crippen LogP contribution in [0.2, 0.25) is 0 Å². The van der Waals surface area contributed by atoms with E-state index in [0.29, 0.717) is 17.7 Å². The minimum absolute atomic E-state index is 0.0618. The minimum atomic E-state index is -0.0624. The number of hydrogen-bond acceptors (Lipinski definition) is 3. The molecule has 5 heteroatoms. The Labute approximate surface area is 117 Å². The van der Waals surface area contributed by atoms with Crippen LogP contribution in [0, 0.1) is 0 Å². The molecule has 1 aromatic carbocycles. The Morgan fingerprint density at radius 3 is 2.75 bits per heavy atom. The molecule has 1 fully saturated rings. The molecule has 1 aliphatic heterocycles. The number of amides is 2. The Balaban J connectivity index is 1.67. The van der Waals surface area contributed by atoms with E-state index in [2.05, 4.69) is 10.6 Å². The van der Waals surface area contributed by atoms with Gasteiger partial charge in [-0.3, -0.25) is 9.59 Å². The Morgan fingerprint density at radius 2 is 2.00 bits per heavy atom. The van der Waals surface area contributed by atoms with Crippen molar-refractivity contribution in [2.24, 2.45) is 5.73 Å². The molecule has 20 heavy (non-hydrogen) atoms. The number of carbonyl (C=O) groups is 2. The summed E-state index contributed by atoms with van der Waals surface area (Å²) in [6.45, 7) is 0.508. The molecule has 2 aliphatic rings. The van der Waals surface area contributed by atoms with E-state index < -0.39 is 0 Å². The maximum atomic E-state index is 12.2. The maximum Gasteiger partial charge on any atom is 0.251 e. The van der Waals surface area contributed by atoms with E-state index in [9.17, 15) is 9.59 Å². The van der Waals surface area contributed by atoms with E-state index in [0.717, 1.165) is 31.2 Å². The molecule has 1 aliphatic carbocycles. The van der Waals surface area contributed by atoms with Crippen LogP contribution in [-0.4, -0.2) is 23.9 Å². The van der Waals surface area contributed by atoms with E-state index in [1.165, 1.54) is 0 Å². The molecule has 2 amide bonds. The molecule has 1 aromatic rings. The van der Waals surface area contributed by atoms with E-state index in [-0.39, 0.29) is 23.9 Å². The Morgan fingerprint density at radius 1 is 1.25 bits per heavy atom. The molecule has 0 unspecified atom stereocenters. The average Bonchev–Trinajstić information content (AvgIpc) is 2.82. The summed E-state index contributed by atoms with van der Waals surface area (Å²) in [5.41, 5.74) is 8.05. The molecular weight excluding hydrogens is 254 g/mol. The lowest BCUT2D eigenvalue weighted by Gasteiger charge is -2.26. The first-order valence-electron chi connectivity index (χ1n) is 7.11. The summed E-state index contributed by atoms with van der Waals surface area (Å²) in [4.78, 5) is 23.7. The topological polar surface area (TPSA) is 84.2 Å². The first-order valence-corrected chi connectivity index (χ1v) is 7.11. The first kappa shape index (κ1) is 13.1. The summed E-state index contributed by atoms with van der Waals surface area (Å²) in [6, 6.07) is 5.74. The molecule has 1 heterocycles. The standard InChI is InChI=1S/C15H19N3O2/c16-11-2-4-12(5-3-11)18-14(19)9-1-6-13-10(7-9)8-17-15(13)20/h1,6-7,11-12H,2-5,8,16H2,(H,17,20)(H,18,19)/t11-,12-. The third-order valence-electron chi connectivity index (χ3n) is 4.16. The van der Waals surface area contributed by atoms with Gasteiger partial charge in [-0.2, -0.15) is 0 Å². The lowest BCUT2D eigenvalue weighted by molar-refractivity contribution is 0.0923. The molecular formula is C15H19N3O2. The van der Waals surface area contributed by atoms with Gasteiger partial charge in [0.25, 0.3) is 11.8 Å². The van der Waals surface area contributed by atoms with Gasteiger partial charge in [-0.25, -0.2) is 0 Å². The van der Waals surface area contributed by atoms with Gasteiger partial charge in [-0.05, 0) is 49.4 Å². The van der Waals surface area contributed by atoms with Gasteiger partial charge in [-0.1, -0.05) is 0 Å². The molecule has 3 rings (SSSR count). The van der Waals surface area contributed by atoms with Crippen LogP contribution in [0.1, 0.15) is 52.0 Å². The van der Waals surface area contributed by atoms with Gasteiger partial charge in [0.2, 0.25) is 0 Å².